The maximum absolute atomic E-state index is 5.94. The van der Waals surface area contributed by atoms with Crippen molar-refractivity contribution in [2.75, 3.05) is 5.73 Å². The third-order valence-corrected chi connectivity index (χ3v) is 2.98. The van der Waals surface area contributed by atoms with Crippen LogP contribution in [0.15, 0.2) is 18.2 Å². The molecule has 0 bridgehead atoms. The van der Waals surface area contributed by atoms with Crippen LogP contribution in [0.4, 0.5) is 5.82 Å². The van der Waals surface area contributed by atoms with E-state index in [1.807, 2.05) is 13.8 Å². The molecule has 0 amide bonds. The Hall–Kier alpha value is -1.32. The summed E-state index contributed by atoms with van der Waals surface area (Å²) in [5, 5.41) is 1.10. The maximum atomic E-state index is 5.94. The summed E-state index contributed by atoms with van der Waals surface area (Å²) < 4.78 is 0. The van der Waals surface area contributed by atoms with Gasteiger partial charge in [-0.15, -0.1) is 0 Å². The lowest BCUT2D eigenvalue weighted by molar-refractivity contribution is 1.08. The molecule has 2 N–H and O–H groups in total. The second kappa shape index (κ2) is 4.51. The predicted molar refractivity (Wildman–Crippen MR) is 71.4 cm³/mol. The van der Waals surface area contributed by atoms with E-state index in [1.54, 1.807) is 18.2 Å². The van der Waals surface area contributed by atoms with Crippen molar-refractivity contribution in [2.24, 2.45) is 0 Å². The zero-order valence-electron chi connectivity index (χ0n) is 9.46. The molecule has 1 heterocycles. The van der Waals surface area contributed by atoms with Gasteiger partial charge in [-0.25, -0.2) is 9.97 Å². The van der Waals surface area contributed by atoms with Crippen molar-refractivity contribution in [2.45, 2.75) is 13.8 Å². The monoisotopic (exact) mass is 267 g/mol. The Morgan fingerprint density at radius 2 is 1.59 bits per heavy atom. The molecular formula is C12H11Cl2N3. The van der Waals surface area contributed by atoms with Crippen LogP contribution < -0.4 is 5.73 Å². The molecule has 0 spiro atoms. The molecule has 17 heavy (non-hydrogen) atoms. The van der Waals surface area contributed by atoms with Crippen LogP contribution in [0.25, 0.3) is 11.4 Å². The summed E-state index contributed by atoms with van der Waals surface area (Å²) in [4.78, 5) is 8.61. The number of aryl methyl sites for hydroxylation is 1. The summed E-state index contributed by atoms with van der Waals surface area (Å²) in [6.45, 7) is 3.78. The lowest BCUT2D eigenvalue weighted by Gasteiger charge is -2.07. The molecule has 0 unspecified atom stereocenters. The number of nitrogen functional groups attached to an aromatic ring is 1. The average molecular weight is 268 g/mol. The summed E-state index contributed by atoms with van der Waals surface area (Å²) in [6, 6.07) is 5.19. The van der Waals surface area contributed by atoms with Gasteiger partial charge in [-0.3, -0.25) is 0 Å². The minimum absolute atomic E-state index is 0.476. The lowest BCUT2D eigenvalue weighted by Crippen LogP contribution is -2.02. The summed E-state index contributed by atoms with van der Waals surface area (Å²) in [6.07, 6.45) is 0. The van der Waals surface area contributed by atoms with E-state index >= 15 is 0 Å². The summed E-state index contributed by atoms with van der Waals surface area (Å²) in [5.41, 5.74) is 8.32. The third-order valence-electron chi connectivity index (χ3n) is 2.55. The van der Waals surface area contributed by atoms with Crippen molar-refractivity contribution in [3.63, 3.8) is 0 Å². The number of anilines is 1. The van der Waals surface area contributed by atoms with E-state index in [-0.39, 0.29) is 0 Å². The van der Waals surface area contributed by atoms with Crippen LogP contribution in [0.3, 0.4) is 0 Å². The average Bonchev–Trinajstić information content (AvgIpc) is 2.23. The highest BCUT2D eigenvalue weighted by molar-refractivity contribution is 6.35. The fraction of sp³-hybridized carbons (Fsp3) is 0.167. The van der Waals surface area contributed by atoms with Crippen molar-refractivity contribution in [3.05, 3.63) is 39.5 Å². The molecule has 5 heteroatoms. The van der Waals surface area contributed by atoms with Crippen molar-refractivity contribution in [1.29, 1.82) is 0 Å². The highest BCUT2D eigenvalue weighted by atomic mass is 35.5. The zero-order chi connectivity index (χ0) is 12.6. The number of benzene rings is 1. The molecule has 0 aliphatic heterocycles. The number of hydrogen-bond donors (Lipinski definition) is 1. The lowest BCUT2D eigenvalue weighted by atomic mass is 10.2. The highest BCUT2D eigenvalue weighted by Crippen LogP contribution is 2.26. The molecule has 0 saturated heterocycles. The van der Waals surface area contributed by atoms with Crippen LogP contribution in [-0.4, -0.2) is 9.97 Å². The predicted octanol–water partition coefficient (Wildman–Crippen LogP) is 3.65. The first-order chi connectivity index (χ1) is 7.97. The number of nitrogens with two attached hydrogens (primary N) is 1. The standard InChI is InChI=1S/C12H11Cl2N3/c1-6-7(2)16-12(17-11(6)15)8-3-9(13)5-10(14)4-8/h3-5H,1-2H3,(H2,15,16,17). The quantitative estimate of drug-likeness (QED) is 0.858. The highest BCUT2D eigenvalue weighted by Gasteiger charge is 2.08. The van der Waals surface area contributed by atoms with Gasteiger partial charge in [0.15, 0.2) is 5.82 Å². The number of rotatable bonds is 1. The minimum atomic E-state index is 0.476. The second-order valence-corrected chi connectivity index (χ2v) is 4.67. The molecule has 2 aromatic rings. The topological polar surface area (TPSA) is 51.8 Å². The van der Waals surface area contributed by atoms with E-state index < -0.39 is 0 Å². The van der Waals surface area contributed by atoms with Crippen LogP contribution in [-0.2, 0) is 0 Å². The van der Waals surface area contributed by atoms with E-state index in [2.05, 4.69) is 9.97 Å². The molecule has 0 aliphatic rings. The Morgan fingerprint density at radius 1 is 1.00 bits per heavy atom. The molecule has 2 rings (SSSR count). The van der Waals surface area contributed by atoms with Crippen molar-refractivity contribution < 1.29 is 0 Å². The van der Waals surface area contributed by atoms with E-state index in [0.29, 0.717) is 21.7 Å². The second-order valence-electron chi connectivity index (χ2n) is 3.80. The molecule has 1 aromatic heterocycles. The first-order valence-electron chi connectivity index (χ1n) is 5.04. The molecule has 3 nitrogen and oxygen atoms in total. The van der Waals surface area contributed by atoms with E-state index in [0.717, 1.165) is 16.8 Å². The van der Waals surface area contributed by atoms with Crippen molar-refractivity contribution in [1.82, 2.24) is 9.97 Å². The van der Waals surface area contributed by atoms with Crippen LogP contribution in [0.5, 0.6) is 0 Å². The molecule has 1 aromatic carbocycles. The van der Waals surface area contributed by atoms with Gasteiger partial charge in [0, 0.05) is 26.9 Å². The Kier molecular flexibility index (Phi) is 3.22. The molecule has 88 valence electrons. The Labute approximate surface area is 110 Å². The van der Waals surface area contributed by atoms with Gasteiger partial charge in [0.25, 0.3) is 0 Å². The number of hydrogen-bond acceptors (Lipinski definition) is 3. The molecule has 0 aliphatic carbocycles. The van der Waals surface area contributed by atoms with Crippen molar-refractivity contribution in [3.8, 4) is 11.4 Å². The van der Waals surface area contributed by atoms with Crippen LogP contribution in [0.1, 0.15) is 11.3 Å². The summed E-state index contributed by atoms with van der Waals surface area (Å²) in [7, 11) is 0. The van der Waals surface area contributed by atoms with E-state index in [4.69, 9.17) is 28.9 Å². The molecule has 0 saturated carbocycles. The van der Waals surface area contributed by atoms with Gasteiger partial charge in [0.2, 0.25) is 0 Å². The number of aromatic nitrogens is 2. The number of nitrogens with zero attached hydrogens (tertiary/aromatic N) is 2. The SMILES string of the molecule is Cc1nc(-c2cc(Cl)cc(Cl)c2)nc(N)c1C. The van der Waals surface area contributed by atoms with Gasteiger partial charge in [-0.05, 0) is 32.0 Å². The zero-order valence-corrected chi connectivity index (χ0v) is 11.0. The van der Waals surface area contributed by atoms with Crippen molar-refractivity contribution >= 4 is 29.0 Å². The Bertz CT molecular complexity index is 539. The van der Waals surface area contributed by atoms with Gasteiger partial charge >= 0.3 is 0 Å². The first-order valence-corrected chi connectivity index (χ1v) is 5.80. The van der Waals surface area contributed by atoms with Crippen LogP contribution >= 0.6 is 23.2 Å². The molecular weight excluding hydrogens is 257 g/mol. The fourth-order valence-electron chi connectivity index (χ4n) is 1.46. The third kappa shape index (κ3) is 2.51. The van der Waals surface area contributed by atoms with E-state index in [1.165, 1.54) is 0 Å². The molecule has 0 radical (unpaired) electrons. The Balaban J connectivity index is 2.60. The molecule has 0 atom stereocenters. The fourth-order valence-corrected chi connectivity index (χ4v) is 1.99. The largest absolute Gasteiger partial charge is 0.383 e. The maximum Gasteiger partial charge on any atom is 0.161 e. The normalized spacial score (nSPS) is 10.6. The van der Waals surface area contributed by atoms with Gasteiger partial charge in [-0.2, -0.15) is 0 Å². The molecule has 0 fully saturated rings. The van der Waals surface area contributed by atoms with Gasteiger partial charge in [-0.1, -0.05) is 23.2 Å². The number of halogens is 2. The first kappa shape index (κ1) is 12.1. The van der Waals surface area contributed by atoms with Gasteiger partial charge in [0.1, 0.15) is 5.82 Å². The van der Waals surface area contributed by atoms with Gasteiger partial charge in [0.05, 0.1) is 0 Å². The van der Waals surface area contributed by atoms with Crippen LogP contribution in [0.2, 0.25) is 10.0 Å². The Morgan fingerprint density at radius 3 is 2.12 bits per heavy atom. The van der Waals surface area contributed by atoms with E-state index in [9.17, 15) is 0 Å². The summed E-state index contributed by atoms with van der Waals surface area (Å²) >= 11 is 11.9. The minimum Gasteiger partial charge on any atom is -0.383 e. The van der Waals surface area contributed by atoms with Gasteiger partial charge < -0.3 is 5.73 Å². The summed E-state index contributed by atoms with van der Waals surface area (Å²) in [5.74, 6) is 1.01. The smallest absolute Gasteiger partial charge is 0.161 e. The van der Waals surface area contributed by atoms with Crippen LogP contribution in [0, 0.1) is 13.8 Å².